The first kappa shape index (κ1) is 15.6. The highest BCUT2D eigenvalue weighted by molar-refractivity contribution is 9.10. The Morgan fingerprint density at radius 3 is 2.76 bits per heavy atom. The summed E-state index contributed by atoms with van der Waals surface area (Å²) in [7, 11) is 0. The molecule has 1 N–H and O–H groups in total. The molecule has 0 bridgehead atoms. The number of nitrogens with zero attached hydrogens (tertiary/aromatic N) is 3. The molecule has 0 radical (unpaired) electrons. The van der Waals surface area contributed by atoms with Gasteiger partial charge in [-0.2, -0.15) is 10.4 Å². The van der Waals surface area contributed by atoms with Crippen LogP contribution < -0.4 is 5.32 Å². The van der Waals surface area contributed by atoms with Crippen LogP contribution in [-0.4, -0.2) is 9.78 Å². The highest BCUT2D eigenvalue weighted by Gasteiger charge is 2.08. The fourth-order valence-corrected chi connectivity index (χ4v) is 2.64. The van der Waals surface area contributed by atoms with Crippen LogP contribution in [0.2, 0.25) is 0 Å². The van der Waals surface area contributed by atoms with Crippen LogP contribution in [0.25, 0.3) is 0 Å². The first-order chi connectivity index (χ1) is 10.2. The van der Waals surface area contributed by atoms with Crippen molar-refractivity contribution in [1.82, 2.24) is 9.78 Å². The van der Waals surface area contributed by atoms with Crippen LogP contribution in [0.15, 0.2) is 34.9 Å². The zero-order valence-corrected chi connectivity index (χ0v) is 13.9. The minimum atomic E-state index is 0.458. The minimum Gasteiger partial charge on any atom is -0.378 e. The molecular formula is C16H19BrN4. The summed E-state index contributed by atoms with van der Waals surface area (Å²) < 4.78 is 2.98. The van der Waals surface area contributed by atoms with E-state index in [1.807, 2.05) is 29.1 Å². The molecule has 2 rings (SSSR count). The van der Waals surface area contributed by atoms with Gasteiger partial charge in [-0.05, 0) is 37.1 Å². The van der Waals surface area contributed by atoms with Crippen molar-refractivity contribution < 1.29 is 0 Å². The van der Waals surface area contributed by atoms with Crippen molar-refractivity contribution in [2.24, 2.45) is 0 Å². The van der Waals surface area contributed by atoms with Crippen molar-refractivity contribution in [3.8, 4) is 6.07 Å². The van der Waals surface area contributed by atoms with E-state index < -0.39 is 0 Å². The number of aromatic nitrogens is 2. The van der Waals surface area contributed by atoms with Gasteiger partial charge in [-0.15, -0.1) is 0 Å². The summed E-state index contributed by atoms with van der Waals surface area (Å²) >= 11 is 3.42. The maximum Gasteiger partial charge on any atom is 0.101 e. The molecule has 2 aromatic rings. The van der Waals surface area contributed by atoms with Gasteiger partial charge in [0.1, 0.15) is 6.07 Å². The first-order valence-electron chi connectivity index (χ1n) is 7.15. The lowest BCUT2D eigenvalue weighted by molar-refractivity contribution is 0.426. The van der Waals surface area contributed by atoms with Gasteiger partial charge in [-0.25, -0.2) is 0 Å². The second kappa shape index (κ2) is 7.28. The average Bonchev–Trinajstić information content (AvgIpc) is 2.95. The van der Waals surface area contributed by atoms with E-state index in [4.69, 9.17) is 5.26 Å². The van der Waals surface area contributed by atoms with E-state index in [1.165, 1.54) is 0 Å². The monoisotopic (exact) mass is 346 g/mol. The number of benzene rings is 1. The van der Waals surface area contributed by atoms with Gasteiger partial charge in [0.2, 0.25) is 0 Å². The van der Waals surface area contributed by atoms with Gasteiger partial charge < -0.3 is 5.32 Å². The number of hydrogen-bond donors (Lipinski definition) is 1. The Morgan fingerprint density at radius 2 is 2.10 bits per heavy atom. The first-order valence-corrected chi connectivity index (χ1v) is 7.94. The standard InChI is InChI=1S/C16H19BrN4/c1-3-15(4-2)21-8-7-14(20-21)11-19-16-9-13(17)6-5-12(16)10-18/h5-9,15,19H,3-4,11H2,1-2H3. The normalized spacial score (nSPS) is 10.6. The Morgan fingerprint density at radius 1 is 1.33 bits per heavy atom. The molecule has 4 nitrogen and oxygen atoms in total. The van der Waals surface area contributed by atoms with E-state index in [-0.39, 0.29) is 0 Å². The molecule has 1 heterocycles. The maximum atomic E-state index is 9.12. The number of nitrogens with one attached hydrogen (secondary N) is 1. The lowest BCUT2D eigenvalue weighted by Crippen LogP contribution is -2.09. The van der Waals surface area contributed by atoms with Crippen molar-refractivity contribution >= 4 is 21.6 Å². The second-order valence-electron chi connectivity index (χ2n) is 4.91. The zero-order chi connectivity index (χ0) is 15.2. The third-order valence-corrected chi connectivity index (χ3v) is 4.04. The summed E-state index contributed by atoms with van der Waals surface area (Å²) in [5.74, 6) is 0. The number of rotatable bonds is 6. The molecule has 0 amide bonds. The SMILES string of the molecule is CCC(CC)n1ccc(CNc2cc(Br)ccc2C#N)n1. The molecule has 21 heavy (non-hydrogen) atoms. The van der Waals surface area contributed by atoms with Crippen LogP contribution >= 0.6 is 15.9 Å². The van der Waals surface area contributed by atoms with E-state index >= 15 is 0 Å². The van der Waals surface area contributed by atoms with Gasteiger partial charge in [0.05, 0.1) is 29.5 Å². The van der Waals surface area contributed by atoms with Crippen LogP contribution in [0.5, 0.6) is 0 Å². The predicted octanol–water partition coefficient (Wildman–Crippen LogP) is 4.49. The second-order valence-corrected chi connectivity index (χ2v) is 5.83. The highest BCUT2D eigenvalue weighted by atomic mass is 79.9. The Hall–Kier alpha value is -1.80. The molecule has 0 aliphatic rings. The highest BCUT2D eigenvalue weighted by Crippen LogP contribution is 2.21. The molecule has 110 valence electrons. The van der Waals surface area contributed by atoms with Crippen molar-refractivity contribution in [2.45, 2.75) is 39.3 Å². The Labute approximate surface area is 133 Å². The summed E-state index contributed by atoms with van der Waals surface area (Å²) in [5, 5.41) is 17.0. The average molecular weight is 347 g/mol. The lowest BCUT2D eigenvalue weighted by atomic mass is 10.2. The van der Waals surface area contributed by atoms with Crippen LogP contribution in [0.1, 0.15) is 44.0 Å². The van der Waals surface area contributed by atoms with Gasteiger partial charge in [0.15, 0.2) is 0 Å². The Bertz CT molecular complexity index is 638. The van der Waals surface area contributed by atoms with E-state index in [0.29, 0.717) is 18.2 Å². The van der Waals surface area contributed by atoms with Gasteiger partial charge in [0, 0.05) is 10.7 Å². The topological polar surface area (TPSA) is 53.6 Å². The molecule has 5 heteroatoms. The fraction of sp³-hybridized carbons (Fsp3) is 0.375. The molecule has 1 aromatic heterocycles. The van der Waals surface area contributed by atoms with E-state index in [2.05, 4.69) is 46.3 Å². The fourth-order valence-electron chi connectivity index (χ4n) is 2.28. The third kappa shape index (κ3) is 3.85. The number of anilines is 1. The molecular weight excluding hydrogens is 328 g/mol. The number of halogens is 1. The van der Waals surface area contributed by atoms with Crippen molar-refractivity contribution in [2.75, 3.05) is 5.32 Å². The summed E-state index contributed by atoms with van der Waals surface area (Å²) in [5.41, 5.74) is 2.44. The van der Waals surface area contributed by atoms with Crippen LogP contribution in [0.3, 0.4) is 0 Å². The quantitative estimate of drug-likeness (QED) is 0.838. The van der Waals surface area contributed by atoms with E-state index in [9.17, 15) is 0 Å². The molecule has 1 aromatic carbocycles. The molecule has 0 saturated heterocycles. The van der Waals surface area contributed by atoms with Crippen molar-refractivity contribution in [3.05, 3.63) is 46.2 Å². The zero-order valence-electron chi connectivity index (χ0n) is 12.3. The van der Waals surface area contributed by atoms with Crippen LogP contribution in [0.4, 0.5) is 5.69 Å². The summed E-state index contributed by atoms with van der Waals surface area (Å²) in [6.45, 7) is 4.96. The Balaban J connectivity index is 2.07. The summed E-state index contributed by atoms with van der Waals surface area (Å²) in [6, 6.07) is 10.3. The van der Waals surface area contributed by atoms with Crippen LogP contribution in [-0.2, 0) is 6.54 Å². The van der Waals surface area contributed by atoms with Gasteiger partial charge in [-0.1, -0.05) is 29.8 Å². The molecule has 0 atom stereocenters. The summed E-state index contributed by atoms with van der Waals surface area (Å²) in [6.07, 6.45) is 4.19. The minimum absolute atomic E-state index is 0.458. The molecule has 0 aliphatic carbocycles. The smallest absolute Gasteiger partial charge is 0.101 e. The van der Waals surface area contributed by atoms with Gasteiger partial charge >= 0.3 is 0 Å². The molecule has 0 spiro atoms. The van der Waals surface area contributed by atoms with Crippen molar-refractivity contribution in [1.29, 1.82) is 5.26 Å². The van der Waals surface area contributed by atoms with Gasteiger partial charge in [-0.3, -0.25) is 4.68 Å². The largest absolute Gasteiger partial charge is 0.378 e. The molecule has 0 aliphatic heterocycles. The number of hydrogen-bond acceptors (Lipinski definition) is 3. The molecule has 0 fully saturated rings. The van der Waals surface area contributed by atoms with Crippen LogP contribution in [0, 0.1) is 11.3 Å². The predicted molar refractivity (Wildman–Crippen MR) is 88.0 cm³/mol. The van der Waals surface area contributed by atoms with Gasteiger partial charge in [0.25, 0.3) is 0 Å². The lowest BCUT2D eigenvalue weighted by Gasteiger charge is -2.12. The molecule has 0 saturated carbocycles. The van der Waals surface area contributed by atoms with E-state index in [0.717, 1.165) is 28.7 Å². The number of nitriles is 1. The van der Waals surface area contributed by atoms with E-state index in [1.54, 1.807) is 6.07 Å². The molecule has 0 unspecified atom stereocenters. The maximum absolute atomic E-state index is 9.12. The Kier molecular flexibility index (Phi) is 5.40. The summed E-state index contributed by atoms with van der Waals surface area (Å²) in [4.78, 5) is 0. The van der Waals surface area contributed by atoms with Crippen molar-refractivity contribution in [3.63, 3.8) is 0 Å². The third-order valence-electron chi connectivity index (χ3n) is 3.54.